The average molecular weight is 471 g/mol. The van der Waals surface area contributed by atoms with E-state index in [1.165, 1.54) is 22.0 Å². The zero-order valence-corrected chi connectivity index (χ0v) is 19.4. The minimum Gasteiger partial charge on any atom is -0.508 e. The van der Waals surface area contributed by atoms with Crippen molar-refractivity contribution in [2.75, 3.05) is 14.1 Å². The molecular weight excluding hydrogens is 440 g/mol. The number of aliphatic hydroxyl groups excluding tert-OH is 1. The van der Waals surface area contributed by atoms with Crippen molar-refractivity contribution in [1.29, 1.82) is 0 Å². The van der Waals surface area contributed by atoms with Crippen molar-refractivity contribution < 1.29 is 5.11 Å². The van der Waals surface area contributed by atoms with Crippen LogP contribution >= 0.6 is 31.2 Å². The van der Waals surface area contributed by atoms with E-state index in [2.05, 4.69) is 90.7 Å². The van der Waals surface area contributed by atoms with Crippen LogP contribution in [-0.2, 0) is 6.54 Å². The topological polar surface area (TPSA) is 23.5 Å². The van der Waals surface area contributed by atoms with Gasteiger partial charge in [-0.05, 0) is 67.9 Å². The standard InChI is InChI=1S/C21H31INOP/c1-7-19(24)18(12-16(4)13-22)20(8-2)25-21-10-9-15(3)11-17(21)14-23(5)6/h7,9-13,20,24-25H,8,14H2,1-6H3/b16-13-,18-12+,19-7-. The van der Waals surface area contributed by atoms with Gasteiger partial charge < -0.3 is 10.0 Å². The van der Waals surface area contributed by atoms with Gasteiger partial charge in [0.05, 0.1) is 0 Å². The summed E-state index contributed by atoms with van der Waals surface area (Å²) >= 11 is 2.25. The summed E-state index contributed by atoms with van der Waals surface area (Å²) in [7, 11) is 4.86. The number of hydrogen-bond donors (Lipinski definition) is 1. The zero-order valence-electron chi connectivity index (χ0n) is 16.2. The van der Waals surface area contributed by atoms with Crippen LogP contribution in [0.25, 0.3) is 0 Å². The maximum atomic E-state index is 10.5. The molecule has 1 N–H and O–H groups in total. The molecule has 1 aromatic rings. The van der Waals surface area contributed by atoms with Crippen LogP contribution in [-0.4, -0.2) is 29.8 Å². The molecule has 0 spiro atoms. The van der Waals surface area contributed by atoms with Gasteiger partial charge in [0, 0.05) is 17.8 Å². The van der Waals surface area contributed by atoms with Crippen LogP contribution in [0.5, 0.6) is 0 Å². The molecule has 0 fully saturated rings. The lowest BCUT2D eigenvalue weighted by Crippen LogP contribution is -2.19. The Bertz CT molecular complexity index is 662. The van der Waals surface area contributed by atoms with E-state index in [0.717, 1.165) is 18.5 Å². The molecule has 4 heteroatoms. The molecule has 0 bridgehead atoms. The van der Waals surface area contributed by atoms with E-state index in [4.69, 9.17) is 0 Å². The molecule has 0 aliphatic heterocycles. The smallest absolute Gasteiger partial charge is 0.115 e. The molecule has 138 valence electrons. The third kappa shape index (κ3) is 7.24. The van der Waals surface area contributed by atoms with Crippen LogP contribution in [0.1, 0.15) is 38.3 Å². The summed E-state index contributed by atoms with van der Waals surface area (Å²) in [6.07, 6.45) is 4.93. The molecule has 0 saturated heterocycles. The van der Waals surface area contributed by atoms with Gasteiger partial charge in [-0.25, -0.2) is 0 Å². The molecule has 1 aromatic carbocycles. The first-order chi connectivity index (χ1) is 11.8. The number of allylic oxidation sites excluding steroid dienone is 4. The van der Waals surface area contributed by atoms with Gasteiger partial charge in [-0.2, -0.15) is 0 Å². The number of aryl methyl sites for hydroxylation is 1. The van der Waals surface area contributed by atoms with Crippen LogP contribution in [0.15, 0.2) is 51.3 Å². The molecule has 0 heterocycles. The number of nitrogens with zero attached hydrogens (tertiary/aromatic N) is 1. The molecule has 0 amide bonds. The molecule has 2 nitrogen and oxygen atoms in total. The SMILES string of the molecule is C/C=C(O)/C(=C\C(C)=C/I)C(CC)Pc1ccc(C)cc1CN(C)C. The van der Waals surface area contributed by atoms with Gasteiger partial charge in [-0.15, -0.1) is 0 Å². The Kier molecular flexibility index (Phi) is 9.99. The highest BCUT2D eigenvalue weighted by atomic mass is 127. The molecule has 0 aliphatic rings. The largest absolute Gasteiger partial charge is 0.508 e. The monoisotopic (exact) mass is 471 g/mol. The summed E-state index contributed by atoms with van der Waals surface area (Å²) in [4.78, 5) is 2.22. The number of aliphatic hydroxyl groups is 1. The second-order valence-corrected chi connectivity index (χ2v) is 8.78. The lowest BCUT2D eigenvalue weighted by molar-refractivity contribution is 0.403. The molecule has 2 atom stereocenters. The van der Waals surface area contributed by atoms with Crippen LogP contribution < -0.4 is 5.30 Å². The normalized spacial score (nSPS) is 15.4. The summed E-state index contributed by atoms with van der Waals surface area (Å²) in [6.45, 7) is 9.27. The summed E-state index contributed by atoms with van der Waals surface area (Å²) < 4.78 is 2.06. The molecule has 2 unspecified atom stereocenters. The highest BCUT2D eigenvalue weighted by molar-refractivity contribution is 14.1. The molecule has 25 heavy (non-hydrogen) atoms. The van der Waals surface area contributed by atoms with Gasteiger partial charge in [0.15, 0.2) is 0 Å². The van der Waals surface area contributed by atoms with Crippen LogP contribution in [0.3, 0.4) is 0 Å². The maximum absolute atomic E-state index is 10.5. The van der Waals surface area contributed by atoms with Crippen molar-refractivity contribution in [3.05, 3.63) is 62.5 Å². The van der Waals surface area contributed by atoms with Crippen molar-refractivity contribution in [1.82, 2.24) is 4.90 Å². The Morgan fingerprint density at radius 3 is 2.56 bits per heavy atom. The fraction of sp³-hybridized carbons (Fsp3) is 0.429. The fourth-order valence-corrected chi connectivity index (χ4v) is 4.38. The van der Waals surface area contributed by atoms with Crippen LogP contribution in [0, 0.1) is 6.92 Å². The zero-order chi connectivity index (χ0) is 19.0. The van der Waals surface area contributed by atoms with E-state index in [1.54, 1.807) is 6.08 Å². The Morgan fingerprint density at radius 1 is 1.36 bits per heavy atom. The lowest BCUT2D eigenvalue weighted by Gasteiger charge is -2.22. The van der Waals surface area contributed by atoms with E-state index in [9.17, 15) is 5.11 Å². The summed E-state index contributed by atoms with van der Waals surface area (Å²) in [5.41, 5.74) is 5.23. The maximum Gasteiger partial charge on any atom is 0.115 e. The number of halogens is 1. The Balaban J connectivity index is 3.26. The Hall–Kier alpha value is -0.640. The van der Waals surface area contributed by atoms with Crippen molar-refractivity contribution in [3.63, 3.8) is 0 Å². The Labute approximate surface area is 169 Å². The van der Waals surface area contributed by atoms with Crippen molar-refractivity contribution in [3.8, 4) is 0 Å². The Morgan fingerprint density at radius 2 is 2.04 bits per heavy atom. The van der Waals surface area contributed by atoms with Gasteiger partial charge in [-0.1, -0.05) is 67.9 Å². The highest BCUT2D eigenvalue weighted by Crippen LogP contribution is 2.33. The second kappa shape index (κ2) is 11.2. The summed E-state index contributed by atoms with van der Waals surface area (Å²) in [6, 6.07) is 6.76. The van der Waals surface area contributed by atoms with E-state index in [0.29, 0.717) is 20.0 Å². The van der Waals surface area contributed by atoms with E-state index in [-0.39, 0.29) is 0 Å². The second-order valence-electron chi connectivity index (χ2n) is 6.63. The van der Waals surface area contributed by atoms with Crippen LogP contribution in [0.4, 0.5) is 0 Å². The van der Waals surface area contributed by atoms with E-state index >= 15 is 0 Å². The average Bonchev–Trinajstić information content (AvgIpc) is 2.58. The number of benzene rings is 1. The van der Waals surface area contributed by atoms with Gasteiger partial charge in [0.25, 0.3) is 0 Å². The summed E-state index contributed by atoms with van der Waals surface area (Å²) in [5.74, 6) is 0.401. The van der Waals surface area contributed by atoms with Crippen molar-refractivity contribution in [2.45, 2.75) is 46.3 Å². The van der Waals surface area contributed by atoms with Crippen LogP contribution in [0.2, 0.25) is 0 Å². The first-order valence-electron chi connectivity index (χ1n) is 8.67. The molecule has 0 radical (unpaired) electrons. The quantitative estimate of drug-likeness (QED) is 0.222. The highest BCUT2D eigenvalue weighted by Gasteiger charge is 2.18. The molecule has 0 saturated carbocycles. The molecule has 0 aliphatic carbocycles. The first-order valence-corrected chi connectivity index (χ1v) is 11.0. The van der Waals surface area contributed by atoms with Crippen molar-refractivity contribution in [2.24, 2.45) is 0 Å². The molecule has 0 aromatic heterocycles. The van der Waals surface area contributed by atoms with Crippen molar-refractivity contribution >= 4 is 36.5 Å². The first kappa shape index (κ1) is 22.4. The lowest BCUT2D eigenvalue weighted by atomic mass is 10.1. The fourth-order valence-electron chi connectivity index (χ4n) is 2.72. The van der Waals surface area contributed by atoms with Gasteiger partial charge in [0.2, 0.25) is 0 Å². The number of hydrogen-bond acceptors (Lipinski definition) is 2. The summed E-state index contributed by atoms with van der Waals surface area (Å²) in [5, 5.41) is 11.9. The van der Waals surface area contributed by atoms with E-state index < -0.39 is 0 Å². The predicted molar refractivity (Wildman–Crippen MR) is 123 cm³/mol. The molecular formula is C21H31INOP. The predicted octanol–water partition coefficient (Wildman–Crippen LogP) is 5.87. The van der Waals surface area contributed by atoms with Gasteiger partial charge in [0.1, 0.15) is 5.76 Å². The number of rotatable bonds is 8. The minimum atomic E-state index is 0.325. The molecule has 1 rings (SSSR count). The third-order valence-electron chi connectivity index (χ3n) is 3.99. The van der Waals surface area contributed by atoms with Gasteiger partial charge >= 0.3 is 0 Å². The van der Waals surface area contributed by atoms with Gasteiger partial charge in [-0.3, -0.25) is 0 Å². The van der Waals surface area contributed by atoms with E-state index in [1.807, 2.05) is 6.92 Å². The minimum absolute atomic E-state index is 0.325. The third-order valence-corrected chi connectivity index (χ3v) is 6.83.